The number of hydrogen-bond donors (Lipinski definition) is 1. The molecular weight excluding hydrogens is 278 g/mol. The number of aryl methyl sites for hydroxylation is 1. The Bertz CT molecular complexity index is 473. The molecule has 1 N–H and O–H groups in total. The van der Waals surface area contributed by atoms with Gasteiger partial charge in [-0.15, -0.1) is 0 Å². The highest BCUT2D eigenvalue weighted by atomic mass is 16.5. The molecule has 0 unspecified atom stereocenters. The SMILES string of the molecule is CCNC(=NCc1ccc(C)cc1OCCOCC)N(C)C. The van der Waals surface area contributed by atoms with Crippen molar-refractivity contribution in [3.8, 4) is 5.75 Å². The molecule has 1 aromatic rings. The lowest BCUT2D eigenvalue weighted by molar-refractivity contribution is 0.110. The van der Waals surface area contributed by atoms with Crippen molar-refractivity contribution in [2.75, 3.05) is 40.5 Å². The third-order valence-electron chi connectivity index (χ3n) is 3.07. The summed E-state index contributed by atoms with van der Waals surface area (Å²) in [6.07, 6.45) is 0. The van der Waals surface area contributed by atoms with Crippen molar-refractivity contribution in [1.82, 2.24) is 10.2 Å². The van der Waals surface area contributed by atoms with E-state index in [1.807, 2.05) is 25.9 Å². The minimum Gasteiger partial charge on any atom is -0.491 e. The number of nitrogens with zero attached hydrogens (tertiary/aromatic N) is 2. The lowest BCUT2D eigenvalue weighted by atomic mass is 10.1. The Hall–Kier alpha value is -1.75. The quantitative estimate of drug-likeness (QED) is 0.455. The van der Waals surface area contributed by atoms with Crippen LogP contribution in [0.2, 0.25) is 0 Å². The smallest absolute Gasteiger partial charge is 0.193 e. The molecule has 124 valence electrons. The summed E-state index contributed by atoms with van der Waals surface area (Å²) < 4.78 is 11.2. The molecule has 1 rings (SSSR count). The normalized spacial score (nSPS) is 11.4. The maximum atomic E-state index is 5.84. The Morgan fingerprint density at radius 2 is 2.00 bits per heavy atom. The van der Waals surface area contributed by atoms with E-state index in [0.717, 1.165) is 23.8 Å². The van der Waals surface area contributed by atoms with Crippen LogP contribution < -0.4 is 10.1 Å². The number of rotatable bonds is 8. The Balaban J connectivity index is 2.77. The minimum atomic E-state index is 0.557. The lowest BCUT2D eigenvalue weighted by Gasteiger charge is -2.17. The molecule has 0 bridgehead atoms. The van der Waals surface area contributed by atoms with Gasteiger partial charge in [0, 0.05) is 32.8 Å². The van der Waals surface area contributed by atoms with Crippen LogP contribution in [0.15, 0.2) is 23.2 Å². The van der Waals surface area contributed by atoms with E-state index in [-0.39, 0.29) is 0 Å². The molecule has 0 aliphatic carbocycles. The summed E-state index contributed by atoms with van der Waals surface area (Å²) in [7, 11) is 3.96. The van der Waals surface area contributed by atoms with Crippen molar-refractivity contribution in [2.24, 2.45) is 4.99 Å². The zero-order valence-electron chi connectivity index (χ0n) is 14.5. The van der Waals surface area contributed by atoms with Crippen LogP contribution in [0.3, 0.4) is 0 Å². The maximum Gasteiger partial charge on any atom is 0.193 e. The van der Waals surface area contributed by atoms with E-state index in [1.54, 1.807) is 0 Å². The fourth-order valence-electron chi connectivity index (χ4n) is 1.96. The number of hydrogen-bond acceptors (Lipinski definition) is 3. The summed E-state index contributed by atoms with van der Waals surface area (Å²) in [4.78, 5) is 6.62. The highest BCUT2D eigenvalue weighted by molar-refractivity contribution is 5.79. The van der Waals surface area contributed by atoms with E-state index in [4.69, 9.17) is 9.47 Å². The third kappa shape index (κ3) is 6.35. The average Bonchev–Trinajstić information content (AvgIpc) is 2.49. The first kappa shape index (κ1) is 18.3. The van der Waals surface area contributed by atoms with Crippen molar-refractivity contribution in [3.05, 3.63) is 29.3 Å². The van der Waals surface area contributed by atoms with Crippen LogP contribution in [0.1, 0.15) is 25.0 Å². The molecule has 0 aliphatic rings. The monoisotopic (exact) mass is 307 g/mol. The summed E-state index contributed by atoms with van der Waals surface area (Å²) in [5, 5.41) is 3.26. The standard InChI is InChI=1S/C17H29N3O2/c1-6-18-17(20(4)5)19-13-15-9-8-14(3)12-16(15)22-11-10-21-7-2/h8-9,12H,6-7,10-11,13H2,1-5H3,(H,18,19). The van der Waals surface area contributed by atoms with Crippen LogP contribution >= 0.6 is 0 Å². The highest BCUT2D eigenvalue weighted by Crippen LogP contribution is 2.21. The van der Waals surface area contributed by atoms with Gasteiger partial charge in [-0.1, -0.05) is 12.1 Å². The van der Waals surface area contributed by atoms with Crippen molar-refractivity contribution < 1.29 is 9.47 Å². The number of benzene rings is 1. The maximum absolute atomic E-state index is 5.84. The second-order valence-corrected chi connectivity index (χ2v) is 5.22. The number of nitrogens with one attached hydrogen (secondary N) is 1. The summed E-state index contributed by atoms with van der Waals surface area (Å²) in [6.45, 7) is 9.42. The van der Waals surface area contributed by atoms with E-state index in [9.17, 15) is 0 Å². The largest absolute Gasteiger partial charge is 0.491 e. The van der Waals surface area contributed by atoms with Gasteiger partial charge in [0.2, 0.25) is 0 Å². The van der Waals surface area contributed by atoms with E-state index in [0.29, 0.717) is 26.4 Å². The molecule has 0 fully saturated rings. The minimum absolute atomic E-state index is 0.557. The summed E-state index contributed by atoms with van der Waals surface area (Å²) in [6, 6.07) is 6.22. The fourth-order valence-corrected chi connectivity index (χ4v) is 1.96. The molecule has 0 atom stereocenters. The fraction of sp³-hybridized carbons (Fsp3) is 0.588. The lowest BCUT2D eigenvalue weighted by Crippen LogP contribution is -2.36. The molecule has 0 aromatic heterocycles. The molecule has 1 aromatic carbocycles. The van der Waals surface area contributed by atoms with Crippen LogP contribution in [0.5, 0.6) is 5.75 Å². The van der Waals surface area contributed by atoms with Gasteiger partial charge in [-0.3, -0.25) is 0 Å². The van der Waals surface area contributed by atoms with Crippen LogP contribution in [-0.4, -0.2) is 51.3 Å². The molecule has 0 heterocycles. The molecule has 0 spiro atoms. The first-order valence-electron chi connectivity index (χ1n) is 7.84. The van der Waals surface area contributed by atoms with Crippen molar-refractivity contribution in [1.29, 1.82) is 0 Å². The van der Waals surface area contributed by atoms with Crippen molar-refractivity contribution in [3.63, 3.8) is 0 Å². The first-order chi connectivity index (χ1) is 10.6. The van der Waals surface area contributed by atoms with Crippen LogP contribution in [0.4, 0.5) is 0 Å². The van der Waals surface area contributed by atoms with Crippen LogP contribution in [-0.2, 0) is 11.3 Å². The van der Waals surface area contributed by atoms with Gasteiger partial charge in [0.05, 0.1) is 13.2 Å². The molecule has 0 aliphatic heterocycles. The van der Waals surface area contributed by atoms with Crippen molar-refractivity contribution in [2.45, 2.75) is 27.3 Å². The molecule has 0 saturated carbocycles. The second kappa shape index (κ2) is 10.1. The predicted octanol–water partition coefficient (Wildman–Crippen LogP) is 2.44. The zero-order valence-corrected chi connectivity index (χ0v) is 14.5. The average molecular weight is 307 g/mol. The summed E-state index contributed by atoms with van der Waals surface area (Å²) >= 11 is 0. The van der Waals surface area contributed by atoms with Gasteiger partial charge in [-0.2, -0.15) is 0 Å². The van der Waals surface area contributed by atoms with Crippen LogP contribution in [0.25, 0.3) is 0 Å². The van der Waals surface area contributed by atoms with Gasteiger partial charge in [0.25, 0.3) is 0 Å². The topological polar surface area (TPSA) is 46.1 Å². The number of aliphatic imine (C=N–C) groups is 1. The summed E-state index contributed by atoms with van der Waals surface area (Å²) in [5.74, 6) is 1.77. The van der Waals surface area contributed by atoms with Gasteiger partial charge in [-0.05, 0) is 32.4 Å². The number of ether oxygens (including phenoxy) is 2. The summed E-state index contributed by atoms with van der Waals surface area (Å²) in [5.41, 5.74) is 2.26. The molecule has 0 saturated heterocycles. The van der Waals surface area contributed by atoms with Gasteiger partial charge >= 0.3 is 0 Å². The molecule has 22 heavy (non-hydrogen) atoms. The third-order valence-corrected chi connectivity index (χ3v) is 3.07. The molecule has 5 heteroatoms. The highest BCUT2D eigenvalue weighted by Gasteiger charge is 2.06. The zero-order chi connectivity index (χ0) is 16.4. The Kier molecular flexibility index (Phi) is 8.36. The van der Waals surface area contributed by atoms with E-state index in [2.05, 4.69) is 42.4 Å². The Morgan fingerprint density at radius 1 is 1.23 bits per heavy atom. The van der Waals surface area contributed by atoms with Crippen molar-refractivity contribution >= 4 is 5.96 Å². The first-order valence-corrected chi connectivity index (χ1v) is 7.84. The molecular formula is C17H29N3O2. The van der Waals surface area contributed by atoms with Crippen LogP contribution in [0, 0.1) is 6.92 Å². The van der Waals surface area contributed by atoms with Gasteiger partial charge in [-0.25, -0.2) is 4.99 Å². The van der Waals surface area contributed by atoms with E-state index >= 15 is 0 Å². The number of guanidine groups is 1. The predicted molar refractivity (Wildman–Crippen MR) is 91.7 cm³/mol. The van der Waals surface area contributed by atoms with Gasteiger partial charge in [0.15, 0.2) is 5.96 Å². The second-order valence-electron chi connectivity index (χ2n) is 5.22. The van der Waals surface area contributed by atoms with Gasteiger partial charge < -0.3 is 19.7 Å². The Morgan fingerprint density at radius 3 is 2.64 bits per heavy atom. The molecule has 5 nitrogen and oxygen atoms in total. The Labute approximate surface area is 134 Å². The molecule has 0 amide bonds. The van der Waals surface area contributed by atoms with E-state index in [1.165, 1.54) is 5.56 Å². The van der Waals surface area contributed by atoms with Gasteiger partial charge in [0.1, 0.15) is 12.4 Å². The molecule has 0 radical (unpaired) electrons. The van der Waals surface area contributed by atoms with E-state index < -0.39 is 0 Å².